The molecule has 92 valence electrons. The minimum atomic E-state index is 0.352. The van der Waals surface area contributed by atoms with Gasteiger partial charge in [-0.1, -0.05) is 19.1 Å². The van der Waals surface area contributed by atoms with Crippen LogP contribution in [0.15, 0.2) is 24.3 Å². The van der Waals surface area contributed by atoms with Crippen molar-refractivity contribution in [3.05, 3.63) is 30.1 Å². The number of nitrogens with two attached hydrogens (primary N) is 1. The van der Waals surface area contributed by atoms with Gasteiger partial charge in [0, 0.05) is 18.5 Å². The van der Waals surface area contributed by atoms with E-state index in [1.165, 1.54) is 5.52 Å². The molecule has 1 heterocycles. The molecule has 0 aliphatic carbocycles. The lowest BCUT2D eigenvalue weighted by molar-refractivity contribution is 0.530. The van der Waals surface area contributed by atoms with Crippen molar-refractivity contribution < 1.29 is 0 Å². The SMILES string of the molecule is CCC(CN)c1nc2ccccc2n1C(C)C. The Morgan fingerprint density at radius 3 is 2.59 bits per heavy atom. The first-order valence-electron chi connectivity index (χ1n) is 6.36. The van der Waals surface area contributed by atoms with Gasteiger partial charge < -0.3 is 10.3 Å². The first-order chi connectivity index (χ1) is 8.19. The third kappa shape index (κ3) is 2.07. The summed E-state index contributed by atoms with van der Waals surface area (Å²) in [6.07, 6.45) is 1.03. The van der Waals surface area contributed by atoms with Crippen LogP contribution in [0.1, 0.15) is 45.0 Å². The Morgan fingerprint density at radius 2 is 2.00 bits per heavy atom. The van der Waals surface area contributed by atoms with Gasteiger partial charge in [0.05, 0.1) is 11.0 Å². The zero-order chi connectivity index (χ0) is 12.4. The fourth-order valence-electron chi connectivity index (χ4n) is 2.35. The Hall–Kier alpha value is -1.35. The van der Waals surface area contributed by atoms with Gasteiger partial charge in [0.25, 0.3) is 0 Å². The molecule has 1 atom stereocenters. The predicted octanol–water partition coefficient (Wildman–Crippen LogP) is 3.07. The highest BCUT2D eigenvalue weighted by Crippen LogP contribution is 2.26. The number of imidazole rings is 1. The summed E-state index contributed by atoms with van der Waals surface area (Å²) in [5.41, 5.74) is 8.14. The summed E-state index contributed by atoms with van der Waals surface area (Å²) < 4.78 is 2.32. The fraction of sp³-hybridized carbons (Fsp3) is 0.500. The maximum absolute atomic E-state index is 5.85. The number of fused-ring (bicyclic) bond motifs is 1. The maximum atomic E-state index is 5.85. The Balaban J connectivity index is 2.65. The van der Waals surface area contributed by atoms with Crippen molar-refractivity contribution in [1.82, 2.24) is 9.55 Å². The summed E-state index contributed by atoms with van der Waals surface area (Å²) in [7, 11) is 0. The standard InChI is InChI=1S/C14H21N3/c1-4-11(9-15)14-16-12-7-5-6-8-13(12)17(14)10(2)3/h5-8,10-11H,4,9,15H2,1-3H3. The molecule has 0 aliphatic heterocycles. The van der Waals surface area contributed by atoms with Crippen molar-refractivity contribution in [1.29, 1.82) is 0 Å². The van der Waals surface area contributed by atoms with E-state index in [1.54, 1.807) is 0 Å². The number of aromatic nitrogens is 2. The van der Waals surface area contributed by atoms with Gasteiger partial charge in [0.15, 0.2) is 0 Å². The van der Waals surface area contributed by atoms with Crippen LogP contribution in [0.2, 0.25) is 0 Å². The van der Waals surface area contributed by atoms with E-state index < -0.39 is 0 Å². The molecule has 0 spiro atoms. The Morgan fingerprint density at radius 1 is 1.29 bits per heavy atom. The van der Waals surface area contributed by atoms with Crippen molar-refractivity contribution in [3.63, 3.8) is 0 Å². The smallest absolute Gasteiger partial charge is 0.114 e. The van der Waals surface area contributed by atoms with E-state index in [2.05, 4.69) is 43.5 Å². The molecule has 0 saturated carbocycles. The average molecular weight is 231 g/mol. The van der Waals surface area contributed by atoms with Crippen molar-refractivity contribution in [3.8, 4) is 0 Å². The van der Waals surface area contributed by atoms with Gasteiger partial charge in [-0.15, -0.1) is 0 Å². The Labute approximate surface area is 103 Å². The largest absolute Gasteiger partial charge is 0.330 e. The second kappa shape index (κ2) is 4.88. The van der Waals surface area contributed by atoms with Crippen LogP contribution in [0.4, 0.5) is 0 Å². The molecule has 2 N–H and O–H groups in total. The number of hydrogen-bond donors (Lipinski definition) is 1. The third-order valence-corrected chi connectivity index (χ3v) is 3.28. The zero-order valence-corrected chi connectivity index (χ0v) is 10.9. The summed E-state index contributed by atoms with van der Waals surface area (Å²) >= 11 is 0. The molecule has 0 saturated heterocycles. The summed E-state index contributed by atoms with van der Waals surface area (Å²) in [5.74, 6) is 1.48. The van der Waals surface area contributed by atoms with E-state index in [1.807, 2.05) is 6.07 Å². The lowest BCUT2D eigenvalue weighted by Gasteiger charge is -2.18. The van der Waals surface area contributed by atoms with Crippen molar-refractivity contribution in [2.75, 3.05) is 6.54 Å². The molecule has 17 heavy (non-hydrogen) atoms. The van der Waals surface area contributed by atoms with Gasteiger partial charge in [0.1, 0.15) is 5.82 Å². The topological polar surface area (TPSA) is 43.8 Å². The van der Waals surface area contributed by atoms with Gasteiger partial charge in [-0.2, -0.15) is 0 Å². The summed E-state index contributed by atoms with van der Waals surface area (Å²) in [4.78, 5) is 4.76. The molecular weight excluding hydrogens is 210 g/mol. The number of nitrogens with zero attached hydrogens (tertiary/aromatic N) is 2. The molecule has 1 aromatic carbocycles. The number of benzene rings is 1. The highest BCUT2D eigenvalue weighted by atomic mass is 15.1. The minimum absolute atomic E-state index is 0.352. The summed E-state index contributed by atoms with van der Waals surface area (Å²) in [6, 6.07) is 8.72. The van der Waals surface area contributed by atoms with Crippen LogP contribution < -0.4 is 5.73 Å². The van der Waals surface area contributed by atoms with Gasteiger partial charge in [0.2, 0.25) is 0 Å². The Kier molecular flexibility index (Phi) is 3.48. The summed E-state index contributed by atoms with van der Waals surface area (Å²) in [6.45, 7) is 7.22. The molecular formula is C14H21N3. The minimum Gasteiger partial charge on any atom is -0.330 e. The fourth-order valence-corrected chi connectivity index (χ4v) is 2.35. The van der Waals surface area contributed by atoms with Gasteiger partial charge in [-0.25, -0.2) is 4.98 Å². The Bertz CT molecular complexity index is 495. The normalized spacial score (nSPS) is 13.5. The van der Waals surface area contributed by atoms with E-state index >= 15 is 0 Å². The molecule has 2 rings (SSSR count). The molecule has 0 aliphatic rings. The highest BCUT2D eigenvalue weighted by molar-refractivity contribution is 5.76. The van der Waals surface area contributed by atoms with E-state index in [4.69, 9.17) is 10.7 Å². The zero-order valence-electron chi connectivity index (χ0n) is 10.9. The molecule has 3 nitrogen and oxygen atoms in total. The molecule has 1 aromatic heterocycles. The lowest BCUT2D eigenvalue weighted by atomic mass is 10.1. The highest BCUT2D eigenvalue weighted by Gasteiger charge is 2.18. The number of rotatable bonds is 4. The predicted molar refractivity (Wildman–Crippen MR) is 72.2 cm³/mol. The van der Waals surface area contributed by atoms with E-state index in [0.717, 1.165) is 17.8 Å². The lowest BCUT2D eigenvalue weighted by Crippen LogP contribution is -2.17. The van der Waals surface area contributed by atoms with E-state index in [0.29, 0.717) is 18.5 Å². The van der Waals surface area contributed by atoms with Gasteiger partial charge >= 0.3 is 0 Å². The first kappa shape index (κ1) is 12.1. The van der Waals surface area contributed by atoms with Crippen molar-refractivity contribution in [2.45, 2.75) is 39.2 Å². The van der Waals surface area contributed by atoms with Crippen LogP contribution in [0, 0.1) is 0 Å². The second-order valence-electron chi connectivity index (χ2n) is 4.76. The average Bonchev–Trinajstić information content (AvgIpc) is 2.69. The molecule has 0 radical (unpaired) electrons. The van der Waals surface area contributed by atoms with Crippen molar-refractivity contribution in [2.24, 2.45) is 5.73 Å². The van der Waals surface area contributed by atoms with E-state index in [-0.39, 0.29) is 0 Å². The van der Waals surface area contributed by atoms with Crippen LogP contribution in [0.25, 0.3) is 11.0 Å². The molecule has 2 aromatic rings. The van der Waals surface area contributed by atoms with Crippen LogP contribution in [-0.4, -0.2) is 16.1 Å². The monoisotopic (exact) mass is 231 g/mol. The number of para-hydroxylation sites is 2. The van der Waals surface area contributed by atoms with Gasteiger partial charge in [-0.3, -0.25) is 0 Å². The maximum Gasteiger partial charge on any atom is 0.114 e. The van der Waals surface area contributed by atoms with Crippen LogP contribution in [-0.2, 0) is 0 Å². The van der Waals surface area contributed by atoms with Crippen LogP contribution >= 0.6 is 0 Å². The first-order valence-corrected chi connectivity index (χ1v) is 6.36. The summed E-state index contributed by atoms with van der Waals surface area (Å²) in [5, 5.41) is 0. The molecule has 1 unspecified atom stereocenters. The molecule has 0 bridgehead atoms. The quantitative estimate of drug-likeness (QED) is 0.878. The molecule has 0 fully saturated rings. The van der Waals surface area contributed by atoms with Crippen molar-refractivity contribution >= 4 is 11.0 Å². The van der Waals surface area contributed by atoms with E-state index in [9.17, 15) is 0 Å². The molecule has 0 amide bonds. The van der Waals surface area contributed by atoms with Gasteiger partial charge in [-0.05, 0) is 32.4 Å². The molecule has 3 heteroatoms. The van der Waals surface area contributed by atoms with Crippen LogP contribution in [0.3, 0.4) is 0 Å². The number of hydrogen-bond acceptors (Lipinski definition) is 2. The second-order valence-corrected chi connectivity index (χ2v) is 4.76. The third-order valence-electron chi connectivity index (χ3n) is 3.28. The van der Waals surface area contributed by atoms with Crippen LogP contribution in [0.5, 0.6) is 0 Å².